The fraction of sp³-hybridized carbons (Fsp3) is 0.214. The number of rotatable bonds is 8. The molecule has 0 aromatic heterocycles. The van der Waals surface area contributed by atoms with E-state index in [0.717, 1.165) is 0 Å². The van der Waals surface area contributed by atoms with E-state index in [-0.39, 0.29) is 16.9 Å². The van der Waals surface area contributed by atoms with Crippen LogP contribution in [-0.2, 0) is 9.59 Å². The lowest BCUT2D eigenvalue weighted by atomic mass is 9.94. The molecular formula is C28H26ClNO7. The third kappa shape index (κ3) is 4.80. The minimum absolute atomic E-state index is 0.0875. The van der Waals surface area contributed by atoms with Crippen LogP contribution < -0.4 is 23.8 Å². The highest BCUT2D eigenvalue weighted by atomic mass is 35.5. The number of Topliss-reactive ketones (excluding diaryl/α,β-unsaturated/α-hetero) is 1. The van der Waals surface area contributed by atoms with Crippen LogP contribution >= 0.6 is 11.6 Å². The van der Waals surface area contributed by atoms with Gasteiger partial charge in [0.05, 0.1) is 44.6 Å². The van der Waals surface area contributed by atoms with Gasteiger partial charge in [0.1, 0.15) is 17.3 Å². The van der Waals surface area contributed by atoms with E-state index < -0.39 is 17.7 Å². The lowest BCUT2D eigenvalue weighted by Crippen LogP contribution is -2.29. The molecular weight excluding hydrogens is 498 g/mol. The van der Waals surface area contributed by atoms with Crippen LogP contribution in [0.15, 0.2) is 66.2 Å². The quantitative estimate of drug-likeness (QED) is 0.240. The number of nitrogens with zero attached hydrogens (tertiary/aromatic N) is 1. The molecule has 0 radical (unpaired) electrons. The summed E-state index contributed by atoms with van der Waals surface area (Å²) in [6, 6.07) is 15.5. The molecule has 1 heterocycles. The number of amides is 1. The van der Waals surface area contributed by atoms with E-state index >= 15 is 0 Å². The molecule has 0 spiro atoms. The Balaban J connectivity index is 1.94. The molecule has 0 saturated carbocycles. The zero-order valence-electron chi connectivity index (χ0n) is 20.8. The highest BCUT2D eigenvalue weighted by molar-refractivity contribution is 6.51. The molecule has 1 atom stereocenters. The molecule has 1 N–H and O–H groups in total. The van der Waals surface area contributed by atoms with Gasteiger partial charge < -0.3 is 24.1 Å². The van der Waals surface area contributed by atoms with Gasteiger partial charge in [0.15, 0.2) is 11.5 Å². The third-order valence-corrected chi connectivity index (χ3v) is 6.33. The van der Waals surface area contributed by atoms with Crippen LogP contribution in [0.25, 0.3) is 5.76 Å². The average molecular weight is 524 g/mol. The summed E-state index contributed by atoms with van der Waals surface area (Å²) in [5, 5.41) is 11.7. The predicted molar refractivity (Wildman–Crippen MR) is 140 cm³/mol. The van der Waals surface area contributed by atoms with E-state index in [0.29, 0.717) is 45.9 Å². The number of carbonyl (C=O) groups excluding carboxylic acids is 2. The van der Waals surface area contributed by atoms with Crippen molar-refractivity contribution in [2.45, 2.75) is 13.0 Å². The number of hydrogen-bond donors (Lipinski definition) is 1. The number of hydrogen-bond acceptors (Lipinski definition) is 7. The topological polar surface area (TPSA) is 94.5 Å². The predicted octanol–water partition coefficient (Wildman–Crippen LogP) is 5.39. The number of aliphatic hydroxyl groups excluding tert-OH is 1. The van der Waals surface area contributed by atoms with E-state index in [4.69, 9.17) is 30.5 Å². The summed E-state index contributed by atoms with van der Waals surface area (Å²) < 4.78 is 21.6. The van der Waals surface area contributed by atoms with Crippen molar-refractivity contribution in [2.24, 2.45) is 0 Å². The first-order valence-corrected chi connectivity index (χ1v) is 11.8. The van der Waals surface area contributed by atoms with Crippen molar-refractivity contribution < 1.29 is 33.6 Å². The zero-order chi connectivity index (χ0) is 26.7. The van der Waals surface area contributed by atoms with Crippen molar-refractivity contribution in [1.82, 2.24) is 0 Å². The Morgan fingerprint density at radius 3 is 2.19 bits per heavy atom. The molecule has 192 valence electrons. The molecule has 3 aromatic rings. The molecule has 3 aromatic carbocycles. The van der Waals surface area contributed by atoms with Crippen molar-refractivity contribution >= 4 is 34.7 Å². The Labute approximate surface area is 219 Å². The smallest absolute Gasteiger partial charge is 0.300 e. The van der Waals surface area contributed by atoms with Crippen molar-refractivity contribution in [3.05, 3.63) is 82.4 Å². The molecule has 4 rings (SSSR count). The number of aliphatic hydroxyl groups is 1. The van der Waals surface area contributed by atoms with Gasteiger partial charge in [-0.2, -0.15) is 0 Å². The van der Waals surface area contributed by atoms with Gasteiger partial charge in [0.2, 0.25) is 0 Å². The number of carbonyl (C=O) groups is 2. The molecule has 1 saturated heterocycles. The summed E-state index contributed by atoms with van der Waals surface area (Å²) in [4.78, 5) is 28.2. The summed E-state index contributed by atoms with van der Waals surface area (Å²) in [5.74, 6) is -0.155. The van der Waals surface area contributed by atoms with Gasteiger partial charge in [0.25, 0.3) is 11.7 Å². The van der Waals surface area contributed by atoms with Crippen molar-refractivity contribution in [2.75, 3.05) is 32.8 Å². The SMILES string of the molecule is CCOc1ccc(N2C(=O)C(=O)/C(=C(\O)c3ccc(Cl)c(OC)c3)C2c2ccc(OC)c(OC)c2)cc1. The molecule has 1 aliphatic heterocycles. The largest absolute Gasteiger partial charge is 0.507 e. The highest BCUT2D eigenvalue weighted by Crippen LogP contribution is 2.44. The van der Waals surface area contributed by atoms with E-state index in [9.17, 15) is 14.7 Å². The molecule has 0 bridgehead atoms. The standard InChI is InChI=1S/C28H26ClNO7/c1-5-37-19-10-8-18(9-11-19)30-25(16-7-13-21(34-2)23(14-16)36-4)24(27(32)28(30)33)26(31)17-6-12-20(29)22(15-17)35-3/h6-15,25,31H,5H2,1-4H3/b26-24-. The van der Waals surface area contributed by atoms with E-state index in [2.05, 4.69) is 0 Å². The number of ketones is 1. The number of methoxy groups -OCH3 is 3. The maximum absolute atomic E-state index is 13.4. The van der Waals surface area contributed by atoms with Gasteiger partial charge >= 0.3 is 0 Å². The lowest BCUT2D eigenvalue weighted by Gasteiger charge is -2.26. The maximum Gasteiger partial charge on any atom is 0.300 e. The number of anilines is 1. The van der Waals surface area contributed by atoms with Gasteiger partial charge in [-0.1, -0.05) is 17.7 Å². The molecule has 37 heavy (non-hydrogen) atoms. The van der Waals surface area contributed by atoms with Crippen LogP contribution in [0.5, 0.6) is 23.0 Å². The first-order valence-electron chi connectivity index (χ1n) is 11.4. The Hall–Kier alpha value is -4.17. The van der Waals surface area contributed by atoms with Crippen LogP contribution in [-0.4, -0.2) is 44.7 Å². The molecule has 1 fully saturated rings. The summed E-state index contributed by atoms with van der Waals surface area (Å²) in [6.45, 7) is 2.36. The van der Waals surface area contributed by atoms with E-state index in [1.54, 1.807) is 54.6 Å². The summed E-state index contributed by atoms with van der Waals surface area (Å²) in [7, 11) is 4.45. The molecule has 8 nitrogen and oxygen atoms in total. The highest BCUT2D eigenvalue weighted by Gasteiger charge is 2.47. The Morgan fingerprint density at radius 1 is 0.892 bits per heavy atom. The summed E-state index contributed by atoms with van der Waals surface area (Å²) >= 11 is 6.15. The second-order valence-electron chi connectivity index (χ2n) is 8.06. The van der Waals surface area contributed by atoms with Crippen molar-refractivity contribution in [3.63, 3.8) is 0 Å². The summed E-state index contributed by atoms with van der Waals surface area (Å²) in [5.41, 5.74) is 1.18. The normalized spacial score (nSPS) is 16.6. The average Bonchev–Trinajstić information content (AvgIpc) is 3.18. The van der Waals surface area contributed by atoms with Gasteiger partial charge in [0, 0.05) is 11.3 Å². The summed E-state index contributed by atoms with van der Waals surface area (Å²) in [6.07, 6.45) is 0. The molecule has 1 aliphatic rings. The number of halogens is 1. The number of ether oxygens (including phenoxy) is 4. The molecule has 9 heteroatoms. The molecule has 1 unspecified atom stereocenters. The molecule has 1 amide bonds. The van der Waals surface area contributed by atoms with Gasteiger partial charge in [-0.05, 0) is 67.1 Å². The van der Waals surface area contributed by atoms with E-state index in [1.165, 1.54) is 32.3 Å². The van der Waals surface area contributed by atoms with Crippen molar-refractivity contribution in [1.29, 1.82) is 0 Å². The van der Waals surface area contributed by atoms with Gasteiger partial charge in [-0.25, -0.2) is 0 Å². The first-order chi connectivity index (χ1) is 17.8. The zero-order valence-corrected chi connectivity index (χ0v) is 21.5. The van der Waals surface area contributed by atoms with Crippen LogP contribution in [0.4, 0.5) is 5.69 Å². The van der Waals surface area contributed by atoms with Crippen LogP contribution in [0, 0.1) is 0 Å². The second-order valence-corrected chi connectivity index (χ2v) is 8.47. The first kappa shape index (κ1) is 25.9. The Kier molecular flexibility index (Phi) is 7.59. The minimum Gasteiger partial charge on any atom is -0.507 e. The van der Waals surface area contributed by atoms with Crippen molar-refractivity contribution in [3.8, 4) is 23.0 Å². The van der Waals surface area contributed by atoms with Gasteiger partial charge in [-0.3, -0.25) is 14.5 Å². The van der Waals surface area contributed by atoms with Crippen LogP contribution in [0.1, 0.15) is 24.1 Å². The van der Waals surface area contributed by atoms with Crippen LogP contribution in [0.2, 0.25) is 5.02 Å². The Bertz CT molecular complexity index is 1370. The lowest BCUT2D eigenvalue weighted by molar-refractivity contribution is -0.132. The third-order valence-electron chi connectivity index (χ3n) is 6.02. The second kappa shape index (κ2) is 10.8. The minimum atomic E-state index is -0.959. The maximum atomic E-state index is 13.4. The fourth-order valence-corrected chi connectivity index (χ4v) is 4.46. The Morgan fingerprint density at radius 2 is 1.57 bits per heavy atom. The fourth-order valence-electron chi connectivity index (χ4n) is 4.27. The van der Waals surface area contributed by atoms with Gasteiger partial charge in [-0.15, -0.1) is 0 Å². The van der Waals surface area contributed by atoms with E-state index in [1.807, 2.05) is 6.92 Å². The van der Waals surface area contributed by atoms with Crippen LogP contribution in [0.3, 0.4) is 0 Å². The number of benzene rings is 3. The molecule has 0 aliphatic carbocycles. The monoisotopic (exact) mass is 523 g/mol.